The highest BCUT2D eigenvalue weighted by Crippen LogP contribution is 2.24. The Hall–Kier alpha value is -4.60. The number of nitrogens with one attached hydrogen (secondary N) is 1. The number of nitro groups is 1. The van der Waals surface area contributed by atoms with Crippen molar-refractivity contribution >= 4 is 17.3 Å². The van der Waals surface area contributed by atoms with E-state index in [0.29, 0.717) is 29.0 Å². The van der Waals surface area contributed by atoms with Gasteiger partial charge in [-0.2, -0.15) is 4.98 Å². The zero-order valence-electron chi connectivity index (χ0n) is 16.3. The van der Waals surface area contributed by atoms with Gasteiger partial charge in [0, 0.05) is 30.2 Å². The summed E-state index contributed by atoms with van der Waals surface area (Å²) < 4.78 is 7.55. The molecule has 2 aromatic heterocycles. The number of nitro benzene ring substituents is 1. The van der Waals surface area contributed by atoms with Crippen LogP contribution in [0.15, 0.2) is 73.3 Å². The van der Waals surface area contributed by atoms with Crippen LogP contribution in [0.4, 0.5) is 11.4 Å². The van der Waals surface area contributed by atoms with Gasteiger partial charge in [0.2, 0.25) is 5.88 Å². The van der Waals surface area contributed by atoms with Gasteiger partial charge in [0.15, 0.2) is 0 Å². The van der Waals surface area contributed by atoms with Crippen molar-refractivity contribution in [2.45, 2.75) is 6.92 Å². The van der Waals surface area contributed by atoms with Crippen LogP contribution in [-0.2, 0) is 0 Å². The van der Waals surface area contributed by atoms with Crippen LogP contribution in [0.2, 0.25) is 0 Å². The zero-order valence-corrected chi connectivity index (χ0v) is 16.3. The van der Waals surface area contributed by atoms with Gasteiger partial charge in [-0.25, -0.2) is 9.97 Å². The predicted octanol–water partition coefficient (Wildman–Crippen LogP) is 3.92. The maximum absolute atomic E-state index is 12.4. The van der Waals surface area contributed by atoms with Crippen LogP contribution in [0.5, 0.6) is 11.6 Å². The molecule has 0 saturated heterocycles. The quantitative estimate of drug-likeness (QED) is 0.373. The van der Waals surface area contributed by atoms with Crippen LogP contribution >= 0.6 is 0 Å². The molecule has 1 N–H and O–H groups in total. The van der Waals surface area contributed by atoms with Crippen molar-refractivity contribution in [1.29, 1.82) is 0 Å². The second kappa shape index (κ2) is 8.41. The van der Waals surface area contributed by atoms with E-state index in [-0.39, 0.29) is 11.3 Å². The van der Waals surface area contributed by atoms with E-state index in [9.17, 15) is 14.9 Å². The minimum atomic E-state index is -0.590. The summed E-state index contributed by atoms with van der Waals surface area (Å²) in [7, 11) is 0. The highest BCUT2D eigenvalue weighted by Gasteiger charge is 2.19. The van der Waals surface area contributed by atoms with Crippen molar-refractivity contribution in [3.05, 3.63) is 94.8 Å². The molecule has 2 heterocycles. The molecule has 4 rings (SSSR count). The SMILES string of the molecule is Cc1nc(Oc2ccc(NC(=O)c3ccccc3[N+](=O)[O-])cc2)cc(-n2ccnc2)n1. The molecule has 0 fully saturated rings. The summed E-state index contributed by atoms with van der Waals surface area (Å²) in [5.74, 6) is 1.44. The molecule has 0 aliphatic heterocycles. The van der Waals surface area contributed by atoms with Gasteiger partial charge in [-0.1, -0.05) is 12.1 Å². The van der Waals surface area contributed by atoms with Gasteiger partial charge in [-0.3, -0.25) is 19.5 Å². The molecular formula is C21H16N6O4. The Balaban J connectivity index is 1.48. The van der Waals surface area contributed by atoms with Crippen molar-refractivity contribution in [1.82, 2.24) is 19.5 Å². The first kappa shape index (κ1) is 19.7. The van der Waals surface area contributed by atoms with Gasteiger partial charge in [0.25, 0.3) is 11.6 Å². The van der Waals surface area contributed by atoms with E-state index in [1.165, 1.54) is 18.2 Å². The molecule has 0 aliphatic rings. The predicted molar refractivity (Wildman–Crippen MR) is 111 cm³/mol. The fourth-order valence-corrected chi connectivity index (χ4v) is 2.85. The summed E-state index contributed by atoms with van der Waals surface area (Å²) in [6.45, 7) is 1.76. The first-order valence-corrected chi connectivity index (χ1v) is 9.16. The van der Waals surface area contributed by atoms with E-state index in [2.05, 4.69) is 20.3 Å². The van der Waals surface area contributed by atoms with Crippen molar-refractivity contribution in [2.75, 3.05) is 5.32 Å². The standard InChI is InChI=1S/C21H16N6O4/c1-14-23-19(26-11-10-22-13-26)12-20(24-14)31-16-8-6-15(7-9-16)25-21(28)17-4-2-3-5-18(17)27(29)30/h2-13H,1H3,(H,25,28). The fraction of sp³-hybridized carbons (Fsp3) is 0.0476. The first-order chi connectivity index (χ1) is 15.0. The Bertz CT molecular complexity index is 1240. The number of rotatable bonds is 6. The smallest absolute Gasteiger partial charge is 0.282 e. The van der Waals surface area contributed by atoms with Crippen LogP contribution in [0.3, 0.4) is 0 Å². The molecule has 10 heteroatoms. The fourth-order valence-electron chi connectivity index (χ4n) is 2.85. The lowest BCUT2D eigenvalue weighted by Gasteiger charge is -2.09. The summed E-state index contributed by atoms with van der Waals surface area (Å²) in [6, 6.07) is 14.0. The van der Waals surface area contributed by atoms with Gasteiger partial charge in [-0.15, -0.1) is 0 Å². The minimum absolute atomic E-state index is 0.0173. The maximum Gasteiger partial charge on any atom is 0.282 e. The number of aryl methyl sites for hydroxylation is 1. The lowest BCUT2D eigenvalue weighted by molar-refractivity contribution is -0.385. The summed E-state index contributed by atoms with van der Waals surface area (Å²) >= 11 is 0. The molecule has 0 radical (unpaired) electrons. The molecule has 154 valence electrons. The van der Waals surface area contributed by atoms with Crippen molar-refractivity contribution in [3.63, 3.8) is 0 Å². The summed E-state index contributed by atoms with van der Waals surface area (Å²) in [6.07, 6.45) is 5.04. The highest BCUT2D eigenvalue weighted by atomic mass is 16.6. The summed E-state index contributed by atoms with van der Waals surface area (Å²) in [5.41, 5.74) is 0.192. The van der Waals surface area contributed by atoms with E-state index in [1.54, 1.807) is 66.6 Å². The molecule has 4 aromatic rings. The van der Waals surface area contributed by atoms with Crippen molar-refractivity contribution < 1.29 is 14.5 Å². The van der Waals surface area contributed by atoms with E-state index >= 15 is 0 Å². The lowest BCUT2D eigenvalue weighted by atomic mass is 10.1. The van der Waals surface area contributed by atoms with Crippen molar-refractivity contribution in [2.24, 2.45) is 0 Å². The monoisotopic (exact) mass is 416 g/mol. The number of nitrogens with zero attached hydrogens (tertiary/aromatic N) is 5. The third kappa shape index (κ3) is 4.53. The molecule has 31 heavy (non-hydrogen) atoms. The number of imidazole rings is 1. The number of ether oxygens (including phenoxy) is 1. The van der Waals surface area contributed by atoms with Crippen molar-refractivity contribution in [3.8, 4) is 17.4 Å². The Labute approximate surface area is 176 Å². The number of carbonyl (C=O) groups excluding carboxylic acids is 1. The average molecular weight is 416 g/mol. The second-order valence-corrected chi connectivity index (χ2v) is 6.44. The molecule has 0 spiro atoms. The second-order valence-electron chi connectivity index (χ2n) is 6.44. The van der Waals surface area contributed by atoms with E-state index in [0.717, 1.165) is 0 Å². The number of anilines is 1. The molecule has 0 bridgehead atoms. The average Bonchev–Trinajstić information content (AvgIpc) is 3.30. The third-order valence-electron chi connectivity index (χ3n) is 4.25. The number of hydrogen-bond donors (Lipinski definition) is 1. The Morgan fingerprint density at radius 1 is 1.13 bits per heavy atom. The van der Waals surface area contributed by atoms with Crippen LogP contribution in [0.1, 0.15) is 16.2 Å². The highest BCUT2D eigenvalue weighted by molar-refractivity contribution is 6.07. The zero-order chi connectivity index (χ0) is 21.8. The van der Waals surface area contributed by atoms with Crippen LogP contribution in [-0.4, -0.2) is 30.3 Å². The number of amides is 1. The largest absolute Gasteiger partial charge is 0.439 e. The van der Waals surface area contributed by atoms with Gasteiger partial charge in [0.05, 0.1) is 4.92 Å². The Morgan fingerprint density at radius 2 is 1.90 bits per heavy atom. The minimum Gasteiger partial charge on any atom is -0.439 e. The number of benzene rings is 2. The Morgan fingerprint density at radius 3 is 2.61 bits per heavy atom. The van der Waals surface area contributed by atoms with Gasteiger partial charge < -0.3 is 10.1 Å². The molecule has 1 amide bonds. The van der Waals surface area contributed by atoms with E-state index in [1.807, 2.05) is 0 Å². The van der Waals surface area contributed by atoms with Gasteiger partial charge in [0.1, 0.15) is 29.3 Å². The Kier molecular flexibility index (Phi) is 5.35. The van der Waals surface area contributed by atoms with E-state index in [4.69, 9.17) is 4.74 Å². The lowest BCUT2D eigenvalue weighted by Crippen LogP contribution is -2.13. The molecule has 0 aliphatic carbocycles. The molecule has 10 nitrogen and oxygen atoms in total. The normalized spacial score (nSPS) is 10.5. The maximum atomic E-state index is 12.4. The van der Waals surface area contributed by atoms with Crippen LogP contribution < -0.4 is 10.1 Å². The molecule has 0 saturated carbocycles. The molecule has 2 aromatic carbocycles. The van der Waals surface area contributed by atoms with Gasteiger partial charge in [-0.05, 0) is 37.3 Å². The van der Waals surface area contributed by atoms with E-state index < -0.39 is 10.8 Å². The van der Waals surface area contributed by atoms with Crippen LogP contribution in [0, 0.1) is 17.0 Å². The third-order valence-corrected chi connectivity index (χ3v) is 4.25. The first-order valence-electron chi connectivity index (χ1n) is 9.16. The number of aromatic nitrogens is 4. The summed E-state index contributed by atoms with van der Waals surface area (Å²) in [5, 5.41) is 13.8. The van der Waals surface area contributed by atoms with Crippen LogP contribution in [0.25, 0.3) is 5.82 Å². The number of para-hydroxylation sites is 1. The molecule has 0 atom stereocenters. The molecular weight excluding hydrogens is 400 g/mol. The van der Waals surface area contributed by atoms with Gasteiger partial charge >= 0.3 is 0 Å². The number of carbonyl (C=O) groups is 1. The molecule has 0 unspecified atom stereocenters. The number of hydrogen-bond acceptors (Lipinski definition) is 7. The summed E-state index contributed by atoms with van der Waals surface area (Å²) in [4.78, 5) is 35.6. The topological polar surface area (TPSA) is 125 Å².